The summed E-state index contributed by atoms with van der Waals surface area (Å²) in [4.78, 5) is 14.2. The first-order chi connectivity index (χ1) is 14.7. The highest BCUT2D eigenvalue weighted by Crippen LogP contribution is 2.31. The van der Waals surface area contributed by atoms with Crippen LogP contribution in [0.15, 0.2) is 60.8 Å². The molecule has 5 rings (SSSR count). The Hall–Kier alpha value is -3.51. The molecular weight excluding hydrogens is 374 g/mol. The van der Waals surface area contributed by atoms with Crippen molar-refractivity contribution in [2.75, 3.05) is 18.9 Å². The SMILES string of the molecule is CCc1ccc(-n2c(-c3cccnc3N)nc3ccc(C4=CCOCC4)nc32)cc1. The van der Waals surface area contributed by atoms with Crippen LogP contribution in [0.4, 0.5) is 5.82 Å². The lowest BCUT2D eigenvalue weighted by atomic mass is 10.1. The fourth-order valence-electron chi connectivity index (χ4n) is 3.81. The van der Waals surface area contributed by atoms with Crippen LogP contribution in [-0.4, -0.2) is 32.7 Å². The van der Waals surface area contributed by atoms with Crippen molar-refractivity contribution in [3.63, 3.8) is 0 Å². The number of ether oxygens (including phenoxy) is 1. The summed E-state index contributed by atoms with van der Waals surface area (Å²) in [6.45, 7) is 3.50. The van der Waals surface area contributed by atoms with Crippen LogP contribution in [0.1, 0.15) is 24.6 Å². The summed E-state index contributed by atoms with van der Waals surface area (Å²) in [5.41, 5.74) is 13.1. The standard InChI is InChI=1S/C24H23N5O/c1-2-16-5-7-18(8-6-16)29-23(19-4-3-13-26-22(19)25)28-21-10-9-20(27-24(21)29)17-11-14-30-15-12-17/h3-11,13H,2,12,14-15H2,1H3,(H2,25,26). The second-order valence-corrected chi connectivity index (χ2v) is 7.32. The lowest BCUT2D eigenvalue weighted by molar-refractivity contribution is 0.161. The Balaban J connectivity index is 1.76. The third kappa shape index (κ3) is 3.25. The number of pyridine rings is 2. The molecule has 0 bridgehead atoms. The van der Waals surface area contributed by atoms with E-state index in [1.165, 1.54) is 11.1 Å². The number of benzene rings is 1. The van der Waals surface area contributed by atoms with Gasteiger partial charge in [0.25, 0.3) is 0 Å². The molecule has 1 aliphatic heterocycles. The number of hydrogen-bond acceptors (Lipinski definition) is 5. The zero-order valence-electron chi connectivity index (χ0n) is 16.9. The largest absolute Gasteiger partial charge is 0.383 e. The number of rotatable bonds is 4. The molecule has 0 spiro atoms. The Labute approximate surface area is 175 Å². The minimum atomic E-state index is 0.451. The van der Waals surface area contributed by atoms with Crippen LogP contribution in [0.25, 0.3) is 33.8 Å². The van der Waals surface area contributed by atoms with E-state index < -0.39 is 0 Å². The number of nitrogen functional groups attached to an aromatic ring is 1. The maximum atomic E-state index is 6.21. The molecule has 4 aromatic rings. The van der Waals surface area contributed by atoms with Gasteiger partial charge >= 0.3 is 0 Å². The van der Waals surface area contributed by atoms with Crippen molar-refractivity contribution in [3.05, 3.63) is 72.1 Å². The molecule has 0 saturated carbocycles. The average Bonchev–Trinajstić information content (AvgIpc) is 3.18. The minimum absolute atomic E-state index is 0.451. The van der Waals surface area contributed by atoms with E-state index in [1.807, 2.05) is 24.3 Å². The summed E-state index contributed by atoms with van der Waals surface area (Å²) in [7, 11) is 0. The molecule has 0 saturated heterocycles. The van der Waals surface area contributed by atoms with Crippen molar-refractivity contribution in [2.24, 2.45) is 0 Å². The van der Waals surface area contributed by atoms with Gasteiger partial charge in [-0.3, -0.25) is 4.57 Å². The second-order valence-electron chi connectivity index (χ2n) is 7.32. The molecular formula is C24H23N5O. The number of nitrogens with two attached hydrogens (primary N) is 1. The molecule has 6 heteroatoms. The summed E-state index contributed by atoms with van der Waals surface area (Å²) < 4.78 is 7.53. The number of fused-ring (bicyclic) bond motifs is 1. The quantitative estimate of drug-likeness (QED) is 0.551. The number of hydrogen-bond donors (Lipinski definition) is 1. The van der Waals surface area contributed by atoms with Gasteiger partial charge in [0.15, 0.2) is 11.5 Å². The maximum Gasteiger partial charge on any atom is 0.165 e. The van der Waals surface area contributed by atoms with E-state index >= 15 is 0 Å². The maximum absolute atomic E-state index is 6.21. The molecule has 1 aromatic carbocycles. The van der Waals surface area contributed by atoms with Crippen molar-refractivity contribution in [3.8, 4) is 17.1 Å². The monoisotopic (exact) mass is 397 g/mol. The highest BCUT2D eigenvalue weighted by atomic mass is 16.5. The highest BCUT2D eigenvalue weighted by molar-refractivity contribution is 5.84. The molecule has 0 radical (unpaired) electrons. The van der Waals surface area contributed by atoms with Crippen LogP contribution < -0.4 is 5.73 Å². The molecule has 0 atom stereocenters. The van der Waals surface area contributed by atoms with Crippen LogP contribution >= 0.6 is 0 Å². The fourth-order valence-corrected chi connectivity index (χ4v) is 3.81. The smallest absolute Gasteiger partial charge is 0.165 e. The fraction of sp³-hybridized carbons (Fsp3) is 0.208. The molecule has 150 valence electrons. The first kappa shape index (κ1) is 18.5. The van der Waals surface area contributed by atoms with E-state index in [0.717, 1.165) is 53.4 Å². The van der Waals surface area contributed by atoms with E-state index in [1.54, 1.807) is 6.20 Å². The number of anilines is 1. The van der Waals surface area contributed by atoms with Gasteiger partial charge in [0.1, 0.15) is 11.3 Å². The van der Waals surface area contributed by atoms with Gasteiger partial charge in [-0.05, 0) is 60.4 Å². The van der Waals surface area contributed by atoms with Gasteiger partial charge in [-0.2, -0.15) is 0 Å². The van der Waals surface area contributed by atoms with Gasteiger partial charge in [-0.1, -0.05) is 25.1 Å². The summed E-state index contributed by atoms with van der Waals surface area (Å²) in [6.07, 6.45) is 5.65. The van der Waals surface area contributed by atoms with Gasteiger partial charge in [-0.15, -0.1) is 0 Å². The van der Waals surface area contributed by atoms with Crippen molar-refractivity contribution in [2.45, 2.75) is 19.8 Å². The van der Waals surface area contributed by atoms with Crippen molar-refractivity contribution < 1.29 is 4.74 Å². The van der Waals surface area contributed by atoms with Crippen LogP contribution in [0.3, 0.4) is 0 Å². The number of imidazole rings is 1. The number of aromatic nitrogens is 4. The van der Waals surface area contributed by atoms with Crippen LogP contribution in [-0.2, 0) is 11.2 Å². The van der Waals surface area contributed by atoms with Gasteiger partial charge in [0.2, 0.25) is 0 Å². The van der Waals surface area contributed by atoms with Gasteiger partial charge in [-0.25, -0.2) is 15.0 Å². The van der Waals surface area contributed by atoms with Crippen molar-refractivity contribution >= 4 is 22.6 Å². The Morgan fingerprint density at radius 3 is 2.67 bits per heavy atom. The van der Waals surface area contributed by atoms with E-state index in [0.29, 0.717) is 12.4 Å². The van der Waals surface area contributed by atoms with Crippen LogP contribution in [0, 0.1) is 0 Å². The predicted molar refractivity (Wildman–Crippen MR) is 119 cm³/mol. The minimum Gasteiger partial charge on any atom is -0.383 e. The number of aryl methyl sites for hydroxylation is 1. The molecule has 1 aliphatic rings. The molecule has 0 fully saturated rings. The molecule has 6 nitrogen and oxygen atoms in total. The molecule has 0 unspecified atom stereocenters. The van der Waals surface area contributed by atoms with Crippen LogP contribution in [0.5, 0.6) is 0 Å². The first-order valence-electron chi connectivity index (χ1n) is 10.2. The molecule has 4 heterocycles. The first-order valence-corrected chi connectivity index (χ1v) is 10.2. The molecule has 30 heavy (non-hydrogen) atoms. The Kier molecular flexibility index (Phi) is 4.77. The van der Waals surface area contributed by atoms with Crippen molar-refractivity contribution in [1.82, 2.24) is 19.5 Å². The Morgan fingerprint density at radius 1 is 1.07 bits per heavy atom. The van der Waals surface area contributed by atoms with Crippen molar-refractivity contribution in [1.29, 1.82) is 0 Å². The molecule has 2 N–H and O–H groups in total. The third-order valence-electron chi connectivity index (χ3n) is 5.48. The van der Waals surface area contributed by atoms with E-state index in [2.05, 4.69) is 46.8 Å². The van der Waals surface area contributed by atoms with Gasteiger partial charge in [0, 0.05) is 11.9 Å². The highest BCUT2D eigenvalue weighted by Gasteiger charge is 2.19. The predicted octanol–water partition coefficient (Wildman–Crippen LogP) is 4.43. The zero-order valence-corrected chi connectivity index (χ0v) is 16.9. The normalized spacial score (nSPS) is 14.1. The van der Waals surface area contributed by atoms with E-state index in [-0.39, 0.29) is 0 Å². The summed E-state index contributed by atoms with van der Waals surface area (Å²) in [5, 5.41) is 0. The second kappa shape index (κ2) is 7.72. The van der Waals surface area contributed by atoms with E-state index in [9.17, 15) is 0 Å². The molecule has 3 aromatic heterocycles. The lowest BCUT2D eigenvalue weighted by Crippen LogP contribution is -2.06. The Bertz CT molecular complexity index is 1240. The summed E-state index contributed by atoms with van der Waals surface area (Å²) in [5.74, 6) is 1.19. The average molecular weight is 397 g/mol. The topological polar surface area (TPSA) is 78.9 Å². The summed E-state index contributed by atoms with van der Waals surface area (Å²) in [6, 6.07) is 16.4. The summed E-state index contributed by atoms with van der Waals surface area (Å²) >= 11 is 0. The Morgan fingerprint density at radius 2 is 1.93 bits per heavy atom. The lowest BCUT2D eigenvalue weighted by Gasteiger charge is -2.14. The van der Waals surface area contributed by atoms with Gasteiger partial charge in [0.05, 0.1) is 24.5 Å². The third-order valence-corrected chi connectivity index (χ3v) is 5.48. The molecule has 0 amide bonds. The molecule has 0 aliphatic carbocycles. The van der Waals surface area contributed by atoms with Crippen LogP contribution in [0.2, 0.25) is 0 Å². The number of nitrogens with zero attached hydrogens (tertiary/aromatic N) is 4. The van der Waals surface area contributed by atoms with E-state index in [4.69, 9.17) is 20.4 Å². The van der Waals surface area contributed by atoms with Gasteiger partial charge < -0.3 is 10.5 Å². The zero-order chi connectivity index (χ0) is 20.5.